The Hall–Kier alpha value is -3.74. The average molecular weight is 482 g/mol. The van der Waals surface area contributed by atoms with Crippen molar-refractivity contribution in [2.24, 2.45) is 0 Å². The van der Waals surface area contributed by atoms with E-state index in [1.807, 2.05) is 19.0 Å². The third-order valence-electron chi connectivity index (χ3n) is 4.91. The molecule has 0 spiro atoms. The Kier molecular flexibility index (Phi) is 7.05. The summed E-state index contributed by atoms with van der Waals surface area (Å²) >= 11 is 0. The van der Waals surface area contributed by atoms with Crippen LogP contribution in [0, 0.1) is 12.7 Å². The summed E-state index contributed by atoms with van der Waals surface area (Å²) in [5, 5.41) is 8.53. The second-order valence-corrected chi connectivity index (χ2v) is 7.79. The first-order valence-electron chi connectivity index (χ1n) is 9.98. The van der Waals surface area contributed by atoms with Gasteiger partial charge in [0.05, 0.1) is 27.9 Å². The number of hydrogen-bond donors (Lipinski definition) is 2. The molecule has 2 N–H and O–H groups in total. The molecular formula is C21H22F4N6O3. The highest BCUT2D eigenvalue weighted by atomic mass is 19.4. The van der Waals surface area contributed by atoms with Crippen LogP contribution in [-0.2, 0) is 6.18 Å². The number of aromatic nitrogens is 2. The predicted octanol–water partition coefficient (Wildman–Crippen LogP) is 3.65. The van der Waals surface area contributed by atoms with Crippen LogP contribution in [0.1, 0.15) is 21.6 Å². The maximum absolute atomic E-state index is 13.5. The Labute approximate surface area is 191 Å². The van der Waals surface area contributed by atoms with E-state index in [1.165, 1.54) is 6.20 Å². The fraction of sp³-hybridized carbons (Fsp3) is 0.333. The summed E-state index contributed by atoms with van der Waals surface area (Å²) in [6.45, 7) is 2.84. The third-order valence-corrected chi connectivity index (χ3v) is 4.91. The number of pyridine rings is 1. The predicted molar refractivity (Wildman–Crippen MR) is 116 cm³/mol. The van der Waals surface area contributed by atoms with E-state index in [-0.39, 0.29) is 17.0 Å². The smallest absolute Gasteiger partial charge is 0.372 e. The Morgan fingerprint density at radius 2 is 1.85 bits per heavy atom. The second-order valence-electron chi connectivity index (χ2n) is 7.79. The molecule has 9 nitrogen and oxygen atoms in total. The Bertz CT molecular complexity index is 1230. The van der Waals surface area contributed by atoms with Crippen molar-refractivity contribution >= 4 is 34.4 Å². The first-order chi connectivity index (χ1) is 15.9. The average Bonchev–Trinajstić information content (AvgIpc) is 3.12. The standard InChI is InChI=1S/C21H22F4N6O3/c1-11-16-17(31(4)8-7-30(2)3)13(10-26-19(16)34-29-11)18(32)28-20(33)27-12-5-6-15(22)14(9-12)21(23,24)25/h5-6,9-10H,7-8H2,1-4H3,(H2,27,28,32,33). The van der Waals surface area contributed by atoms with Crippen LogP contribution in [0.2, 0.25) is 0 Å². The van der Waals surface area contributed by atoms with E-state index in [2.05, 4.69) is 20.8 Å². The first kappa shape index (κ1) is 24.9. The van der Waals surface area contributed by atoms with Gasteiger partial charge in [-0.15, -0.1) is 0 Å². The van der Waals surface area contributed by atoms with E-state index in [0.717, 1.165) is 6.07 Å². The number of hydrogen-bond acceptors (Lipinski definition) is 7. The molecule has 1 aromatic carbocycles. The topological polar surface area (TPSA) is 104 Å². The van der Waals surface area contributed by atoms with Crippen LogP contribution in [0.4, 0.5) is 33.7 Å². The summed E-state index contributed by atoms with van der Waals surface area (Å²) in [5.41, 5.74) is -0.734. The number of halogens is 4. The number of carbonyl (C=O) groups is 2. The van der Waals surface area contributed by atoms with E-state index in [4.69, 9.17) is 4.52 Å². The van der Waals surface area contributed by atoms with E-state index < -0.39 is 29.5 Å². The highest BCUT2D eigenvalue weighted by Crippen LogP contribution is 2.33. The van der Waals surface area contributed by atoms with Crippen LogP contribution in [0.3, 0.4) is 0 Å². The molecular weight excluding hydrogens is 460 g/mol. The van der Waals surface area contributed by atoms with E-state index in [1.54, 1.807) is 18.9 Å². The van der Waals surface area contributed by atoms with Gasteiger partial charge in [-0.1, -0.05) is 5.16 Å². The lowest BCUT2D eigenvalue weighted by Gasteiger charge is -2.24. The van der Waals surface area contributed by atoms with Crippen LogP contribution in [0.25, 0.3) is 11.1 Å². The van der Waals surface area contributed by atoms with Crippen LogP contribution in [-0.4, -0.2) is 61.2 Å². The molecule has 2 aromatic heterocycles. The summed E-state index contributed by atoms with van der Waals surface area (Å²) in [7, 11) is 5.52. The number of imide groups is 1. The van der Waals surface area contributed by atoms with Gasteiger partial charge in [-0.3, -0.25) is 10.1 Å². The van der Waals surface area contributed by atoms with Gasteiger partial charge in [0.15, 0.2) is 0 Å². The summed E-state index contributed by atoms with van der Waals surface area (Å²) < 4.78 is 57.4. The summed E-state index contributed by atoms with van der Waals surface area (Å²) in [6, 6.07) is 0.857. The molecule has 182 valence electrons. The maximum atomic E-state index is 13.5. The number of nitrogens with one attached hydrogen (secondary N) is 2. The number of urea groups is 1. The molecule has 0 bridgehead atoms. The van der Waals surface area contributed by atoms with Crippen molar-refractivity contribution in [1.82, 2.24) is 20.4 Å². The van der Waals surface area contributed by atoms with Gasteiger partial charge in [0.25, 0.3) is 11.6 Å². The molecule has 13 heteroatoms. The van der Waals surface area contributed by atoms with Crippen LogP contribution in [0.5, 0.6) is 0 Å². The van der Waals surface area contributed by atoms with Gasteiger partial charge in [-0.25, -0.2) is 14.2 Å². The zero-order chi connectivity index (χ0) is 25.2. The van der Waals surface area contributed by atoms with E-state index in [9.17, 15) is 27.2 Å². The normalized spacial score (nSPS) is 11.7. The molecule has 3 aromatic rings. The van der Waals surface area contributed by atoms with Gasteiger partial charge in [-0.05, 0) is 39.2 Å². The van der Waals surface area contributed by atoms with Gasteiger partial charge in [0.1, 0.15) is 5.82 Å². The largest absolute Gasteiger partial charge is 0.419 e. The molecule has 0 radical (unpaired) electrons. The molecule has 3 amide bonds. The molecule has 0 aliphatic heterocycles. The number of rotatable bonds is 6. The number of anilines is 2. The summed E-state index contributed by atoms with van der Waals surface area (Å²) in [4.78, 5) is 33.1. The van der Waals surface area contributed by atoms with Crippen molar-refractivity contribution in [2.75, 3.05) is 44.4 Å². The highest BCUT2D eigenvalue weighted by molar-refractivity contribution is 6.13. The summed E-state index contributed by atoms with van der Waals surface area (Å²) in [5.74, 6) is -2.33. The molecule has 0 saturated carbocycles. The number of fused-ring (bicyclic) bond motifs is 1. The van der Waals surface area contributed by atoms with Gasteiger partial charge in [0, 0.05) is 32.0 Å². The van der Waals surface area contributed by atoms with Crippen LogP contribution in [0.15, 0.2) is 28.9 Å². The molecule has 0 aliphatic rings. The van der Waals surface area contributed by atoms with Gasteiger partial charge >= 0.3 is 12.2 Å². The lowest BCUT2D eigenvalue weighted by molar-refractivity contribution is -0.139. The number of nitrogens with zero attached hydrogens (tertiary/aromatic N) is 4. The number of carbonyl (C=O) groups excluding carboxylic acids is 2. The first-order valence-corrected chi connectivity index (χ1v) is 9.98. The molecule has 0 unspecified atom stereocenters. The minimum absolute atomic E-state index is 0.0327. The van der Waals surface area contributed by atoms with Crippen molar-refractivity contribution < 1.29 is 31.7 Å². The Balaban J connectivity index is 1.86. The molecule has 2 heterocycles. The van der Waals surface area contributed by atoms with Crippen molar-refractivity contribution in [2.45, 2.75) is 13.1 Å². The third kappa shape index (κ3) is 5.42. The van der Waals surface area contributed by atoms with E-state index in [0.29, 0.717) is 42.0 Å². The second kappa shape index (κ2) is 9.63. The molecule has 0 fully saturated rings. The molecule has 34 heavy (non-hydrogen) atoms. The van der Waals surface area contributed by atoms with Crippen molar-refractivity contribution in [3.05, 3.63) is 47.0 Å². The van der Waals surface area contributed by atoms with E-state index >= 15 is 0 Å². The number of likely N-dealkylation sites (N-methyl/N-ethyl adjacent to an activating group) is 2. The van der Waals surface area contributed by atoms with Crippen LogP contribution >= 0.6 is 0 Å². The van der Waals surface area contributed by atoms with Crippen molar-refractivity contribution in [3.63, 3.8) is 0 Å². The Morgan fingerprint density at radius 1 is 1.15 bits per heavy atom. The van der Waals surface area contributed by atoms with Crippen LogP contribution < -0.4 is 15.5 Å². The minimum atomic E-state index is -4.95. The van der Waals surface area contributed by atoms with Crippen molar-refractivity contribution in [3.8, 4) is 0 Å². The molecule has 0 atom stereocenters. The van der Waals surface area contributed by atoms with Crippen molar-refractivity contribution in [1.29, 1.82) is 0 Å². The zero-order valence-corrected chi connectivity index (χ0v) is 18.7. The number of aryl methyl sites for hydroxylation is 1. The molecule has 0 saturated heterocycles. The lowest BCUT2D eigenvalue weighted by atomic mass is 10.1. The zero-order valence-electron chi connectivity index (χ0n) is 18.7. The number of benzene rings is 1. The SMILES string of the molecule is Cc1noc2ncc(C(=O)NC(=O)Nc3ccc(F)c(C(F)(F)F)c3)c(N(C)CCN(C)C)c12. The number of amides is 3. The van der Waals surface area contributed by atoms with Gasteiger partial charge < -0.3 is 19.6 Å². The van der Waals surface area contributed by atoms with Gasteiger partial charge in [-0.2, -0.15) is 13.2 Å². The van der Waals surface area contributed by atoms with Gasteiger partial charge in [0.2, 0.25) is 0 Å². The highest BCUT2D eigenvalue weighted by Gasteiger charge is 2.34. The minimum Gasteiger partial charge on any atom is -0.372 e. The number of alkyl halides is 3. The maximum Gasteiger partial charge on any atom is 0.419 e. The Morgan fingerprint density at radius 3 is 2.50 bits per heavy atom. The monoisotopic (exact) mass is 482 g/mol. The fourth-order valence-electron chi connectivity index (χ4n) is 3.22. The fourth-order valence-corrected chi connectivity index (χ4v) is 3.22. The molecule has 3 rings (SSSR count). The quantitative estimate of drug-likeness (QED) is 0.517. The summed E-state index contributed by atoms with van der Waals surface area (Å²) in [6.07, 6.45) is -3.73. The molecule has 0 aliphatic carbocycles. The lowest BCUT2D eigenvalue weighted by Crippen LogP contribution is -2.36.